The molecule has 0 unspecified atom stereocenters. The van der Waals surface area contributed by atoms with Crippen LogP contribution in [0.3, 0.4) is 0 Å². The molecule has 2 rings (SSSR count). The van der Waals surface area contributed by atoms with Crippen molar-refractivity contribution in [3.63, 3.8) is 0 Å². The van der Waals surface area contributed by atoms with E-state index in [-0.39, 0.29) is 0 Å². The molecule has 0 fully saturated rings. The topological polar surface area (TPSA) is 12.9 Å². The smallest absolute Gasteiger partial charge is 0.0299 e. The van der Waals surface area contributed by atoms with Gasteiger partial charge in [-0.25, -0.2) is 0 Å². The molecule has 0 bridgehead atoms. The van der Waals surface area contributed by atoms with Gasteiger partial charge in [-0.1, -0.05) is 36.4 Å². The number of hydrogen-bond acceptors (Lipinski definition) is 1. The summed E-state index contributed by atoms with van der Waals surface area (Å²) >= 11 is 0. The maximum Gasteiger partial charge on any atom is 0.0299 e. The van der Waals surface area contributed by atoms with E-state index in [4.69, 9.17) is 0 Å². The average molecular weight is 252 g/mol. The normalized spacial score (nSPS) is 10.5. The van der Waals surface area contributed by atoms with Gasteiger partial charge in [0, 0.05) is 12.4 Å². The highest BCUT2D eigenvalue weighted by molar-refractivity contribution is 5.14. The van der Waals surface area contributed by atoms with Crippen LogP contribution in [0.4, 0.5) is 0 Å². The van der Waals surface area contributed by atoms with Gasteiger partial charge in [-0.15, -0.1) is 0 Å². The first-order chi connectivity index (χ1) is 9.45. The highest BCUT2D eigenvalue weighted by Crippen LogP contribution is 2.10. The van der Waals surface area contributed by atoms with Crippen LogP contribution in [0.2, 0.25) is 0 Å². The van der Waals surface area contributed by atoms with Crippen LogP contribution in [0.5, 0.6) is 0 Å². The first-order valence-electron chi connectivity index (χ1n) is 7.19. The molecule has 0 spiro atoms. The lowest BCUT2D eigenvalue weighted by atomic mass is 10.0. The molecule has 0 atom stereocenters. The molecule has 0 aliphatic rings. The number of nitrogens with zero attached hydrogens (tertiary/aromatic N) is 1. The molecule has 0 aliphatic carbocycles. The minimum atomic E-state index is 1.14. The average Bonchev–Trinajstić information content (AvgIpc) is 2.48. The van der Waals surface area contributed by atoms with Gasteiger partial charge in [-0.05, 0) is 62.1 Å². The Hall–Kier alpha value is -1.63. The molecule has 0 aliphatic heterocycles. The van der Waals surface area contributed by atoms with E-state index >= 15 is 0 Å². The van der Waals surface area contributed by atoms with Crippen molar-refractivity contribution in [2.75, 3.05) is 0 Å². The second kappa shape index (κ2) is 8.47. The Kier molecular flexibility index (Phi) is 6.15. The second-order valence-corrected chi connectivity index (χ2v) is 4.92. The quantitative estimate of drug-likeness (QED) is 0.624. The standard InChI is InChI=1S/C18H22N/c1(2-5-10-17-11-7-4-8-12-17)3-6-13-18-14-9-15-19-16-18/h1,4,7-9,11-12,14-16H,2-3,5-6,10,13H2. The van der Waals surface area contributed by atoms with Crippen molar-refractivity contribution in [3.8, 4) is 0 Å². The van der Waals surface area contributed by atoms with Crippen LogP contribution in [-0.2, 0) is 12.8 Å². The molecule has 0 saturated heterocycles. The number of benzene rings is 1. The molecule has 99 valence electrons. The molecular formula is C18H22N. The van der Waals surface area contributed by atoms with Crippen LogP contribution >= 0.6 is 0 Å². The minimum absolute atomic E-state index is 1.14. The predicted molar refractivity (Wildman–Crippen MR) is 80.9 cm³/mol. The fraction of sp³-hybridized carbons (Fsp3) is 0.333. The lowest BCUT2D eigenvalue weighted by Crippen LogP contribution is -1.89. The number of hydrogen-bond donors (Lipinski definition) is 0. The predicted octanol–water partition coefficient (Wildman–Crippen LogP) is 4.63. The molecule has 0 saturated carbocycles. The molecule has 1 heterocycles. The maximum absolute atomic E-state index is 4.14. The summed E-state index contributed by atoms with van der Waals surface area (Å²) in [5.74, 6) is 0. The molecule has 19 heavy (non-hydrogen) atoms. The molecule has 0 N–H and O–H groups in total. The summed E-state index contributed by atoms with van der Waals surface area (Å²) in [6, 6.07) is 14.9. The Bertz CT molecular complexity index is 392. The lowest BCUT2D eigenvalue weighted by molar-refractivity contribution is 0.724. The summed E-state index contributed by atoms with van der Waals surface area (Å²) in [5, 5.41) is 0. The Balaban J connectivity index is 1.49. The van der Waals surface area contributed by atoms with Crippen LogP contribution in [0, 0.1) is 6.42 Å². The van der Waals surface area contributed by atoms with Crippen LogP contribution < -0.4 is 0 Å². The first kappa shape index (κ1) is 13.8. The van der Waals surface area contributed by atoms with Gasteiger partial charge >= 0.3 is 0 Å². The van der Waals surface area contributed by atoms with Crippen LogP contribution in [-0.4, -0.2) is 4.98 Å². The SMILES string of the molecule is [CH](CCCc1ccccc1)CCCc1cccnc1. The zero-order valence-corrected chi connectivity index (χ0v) is 11.5. The Morgan fingerprint density at radius 1 is 0.789 bits per heavy atom. The van der Waals surface area contributed by atoms with Gasteiger partial charge in [0.1, 0.15) is 0 Å². The van der Waals surface area contributed by atoms with E-state index in [0.29, 0.717) is 0 Å². The summed E-state index contributed by atoms with van der Waals surface area (Å²) in [4.78, 5) is 4.14. The number of pyridine rings is 1. The van der Waals surface area contributed by atoms with Gasteiger partial charge in [0.25, 0.3) is 0 Å². The molecular weight excluding hydrogens is 230 g/mol. The van der Waals surface area contributed by atoms with E-state index in [2.05, 4.69) is 47.8 Å². The van der Waals surface area contributed by atoms with E-state index < -0.39 is 0 Å². The third kappa shape index (κ3) is 5.69. The Morgan fingerprint density at radius 3 is 2.16 bits per heavy atom. The van der Waals surface area contributed by atoms with Crippen molar-refractivity contribution in [1.82, 2.24) is 4.98 Å². The van der Waals surface area contributed by atoms with E-state index in [1.165, 1.54) is 43.2 Å². The largest absolute Gasteiger partial charge is 0.264 e. The number of unbranched alkanes of at least 4 members (excludes halogenated alkanes) is 4. The second-order valence-electron chi connectivity index (χ2n) is 4.92. The summed E-state index contributed by atoms with van der Waals surface area (Å²) in [6.45, 7) is 0. The van der Waals surface area contributed by atoms with Crippen molar-refractivity contribution in [2.24, 2.45) is 0 Å². The van der Waals surface area contributed by atoms with Gasteiger partial charge in [0.15, 0.2) is 0 Å². The zero-order chi connectivity index (χ0) is 13.2. The molecule has 1 aromatic heterocycles. The molecule has 2 aromatic rings. The first-order valence-corrected chi connectivity index (χ1v) is 7.19. The van der Waals surface area contributed by atoms with E-state index in [1.54, 1.807) is 0 Å². The van der Waals surface area contributed by atoms with E-state index in [9.17, 15) is 0 Å². The maximum atomic E-state index is 4.14. The zero-order valence-electron chi connectivity index (χ0n) is 11.5. The van der Waals surface area contributed by atoms with E-state index in [1.807, 2.05) is 18.5 Å². The summed E-state index contributed by atoms with van der Waals surface area (Å²) < 4.78 is 0. The molecule has 0 amide bonds. The van der Waals surface area contributed by atoms with Crippen molar-refractivity contribution >= 4 is 0 Å². The molecule has 1 heteroatoms. The molecule has 1 nitrogen and oxygen atoms in total. The fourth-order valence-electron chi connectivity index (χ4n) is 2.24. The monoisotopic (exact) mass is 252 g/mol. The summed E-state index contributed by atoms with van der Waals surface area (Å²) in [7, 11) is 0. The van der Waals surface area contributed by atoms with Crippen molar-refractivity contribution < 1.29 is 0 Å². The van der Waals surface area contributed by atoms with Gasteiger partial charge in [-0.3, -0.25) is 4.98 Å². The van der Waals surface area contributed by atoms with Gasteiger partial charge in [0.05, 0.1) is 0 Å². The Labute approximate surface area is 116 Å². The highest BCUT2D eigenvalue weighted by Gasteiger charge is 1.95. The lowest BCUT2D eigenvalue weighted by Gasteiger charge is -2.02. The number of aryl methyl sites for hydroxylation is 2. The fourth-order valence-corrected chi connectivity index (χ4v) is 2.24. The number of rotatable bonds is 8. The summed E-state index contributed by atoms with van der Waals surface area (Å²) in [6.07, 6.45) is 13.5. The molecule has 1 radical (unpaired) electrons. The van der Waals surface area contributed by atoms with Crippen LogP contribution in [0.15, 0.2) is 54.9 Å². The van der Waals surface area contributed by atoms with Crippen LogP contribution in [0.25, 0.3) is 0 Å². The van der Waals surface area contributed by atoms with Gasteiger partial charge in [-0.2, -0.15) is 0 Å². The highest BCUT2D eigenvalue weighted by atomic mass is 14.6. The molecule has 1 aromatic carbocycles. The van der Waals surface area contributed by atoms with Gasteiger partial charge < -0.3 is 0 Å². The van der Waals surface area contributed by atoms with E-state index in [0.717, 1.165) is 6.42 Å². The number of aromatic nitrogens is 1. The third-order valence-electron chi connectivity index (χ3n) is 3.31. The van der Waals surface area contributed by atoms with Crippen LogP contribution in [0.1, 0.15) is 36.8 Å². The van der Waals surface area contributed by atoms with Crippen molar-refractivity contribution in [1.29, 1.82) is 0 Å². The summed E-state index contributed by atoms with van der Waals surface area (Å²) in [5.41, 5.74) is 2.80. The van der Waals surface area contributed by atoms with Crippen molar-refractivity contribution in [2.45, 2.75) is 38.5 Å². The minimum Gasteiger partial charge on any atom is -0.264 e. The van der Waals surface area contributed by atoms with Crippen molar-refractivity contribution in [3.05, 3.63) is 72.4 Å². The Morgan fingerprint density at radius 2 is 1.47 bits per heavy atom. The van der Waals surface area contributed by atoms with Gasteiger partial charge in [0.2, 0.25) is 0 Å². The third-order valence-corrected chi connectivity index (χ3v) is 3.31.